The summed E-state index contributed by atoms with van der Waals surface area (Å²) in [6.45, 7) is 2.09. The van der Waals surface area contributed by atoms with Crippen LogP contribution in [0.3, 0.4) is 0 Å². The minimum Gasteiger partial charge on any atom is -0.466 e. The number of unbranched alkanes of at least 4 members (excludes halogenated alkanes) is 1. The molecule has 0 radical (unpaired) electrons. The lowest BCUT2D eigenvalue weighted by molar-refractivity contribution is -0.143. The van der Waals surface area contributed by atoms with Gasteiger partial charge in [0.2, 0.25) is 6.23 Å². The van der Waals surface area contributed by atoms with Crippen LogP contribution in [0.1, 0.15) is 48.2 Å². The molecule has 1 unspecified atom stereocenters. The number of ether oxygens (including phenoxy) is 1. The standard InChI is InChI=1S/C25H20ClF6NO/c1-2-3-4-15-5-8-19(9-6-15)33-22-10-7-18(26)14-21(22)23(33)34-20-12-16(24(27,28)29)11-17(13-20)25(30,31)32/h5-14,23H,2-4H2,1H3. The zero-order valence-electron chi connectivity index (χ0n) is 18.0. The Morgan fingerprint density at radius 2 is 1.47 bits per heavy atom. The molecule has 0 amide bonds. The molecule has 2 nitrogen and oxygen atoms in total. The van der Waals surface area contributed by atoms with Crippen molar-refractivity contribution in [2.75, 3.05) is 4.90 Å². The lowest BCUT2D eigenvalue weighted by atomic mass is 9.98. The van der Waals surface area contributed by atoms with E-state index in [1.165, 1.54) is 0 Å². The lowest BCUT2D eigenvalue weighted by Gasteiger charge is -2.44. The van der Waals surface area contributed by atoms with Crippen LogP contribution in [-0.4, -0.2) is 0 Å². The zero-order valence-corrected chi connectivity index (χ0v) is 18.7. The zero-order chi connectivity index (χ0) is 24.7. The Morgan fingerprint density at radius 3 is 2.03 bits per heavy atom. The van der Waals surface area contributed by atoms with Crippen molar-refractivity contribution in [3.05, 3.63) is 87.9 Å². The highest BCUT2D eigenvalue weighted by Gasteiger charge is 2.40. The highest BCUT2D eigenvalue weighted by atomic mass is 35.5. The van der Waals surface area contributed by atoms with E-state index >= 15 is 0 Å². The first-order chi connectivity index (χ1) is 16.0. The maximum Gasteiger partial charge on any atom is 0.416 e. The van der Waals surface area contributed by atoms with Crippen LogP contribution in [-0.2, 0) is 18.8 Å². The summed E-state index contributed by atoms with van der Waals surface area (Å²) in [7, 11) is 0. The van der Waals surface area contributed by atoms with Crippen molar-refractivity contribution in [3.63, 3.8) is 0 Å². The second kappa shape index (κ2) is 9.06. The summed E-state index contributed by atoms with van der Waals surface area (Å²) in [5.41, 5.74) is 0.229. The van der Waals surface area contributed by atoms with Gasteiger partial charge in [-0.1, -0.05) is 37.1 Å². The van der Waals surface area contributed by atoms with Crippen LogP contribution in [0.15, 0.2) is 60.7 Å². The summed E-state index contributed by atoms with van der Waals surface area (Å²) in [6.07, 6.45) is -7.88. The number of halogens is 7. The third kappa shape index (κ3) is 4.97. The predicted octanol–water partition coefficient (Wildman–Crippen LogP) is 8.95. The number of alkyl halides is 6. The van der Waals surface area contributed by atoms with E-state index in [2.05, 4.69) is 6.92 Å². The number of aryl methyl sites for hydroxylation is 1. The summed E-state index contributed by atoms with van der Waals surface area (Å²) in [5.74, 6) is -0.539. The van der Waals surface area contributed by atoms with Gasteiger partial charge in [0.05, 0.1) is 16.8 Å². The molecule has 0 spiro atoms. The van der Waals surface area contributed by atoms with Crippen LogP contribution < -0.4 is 9.64 Å². The molecular weight excluding hydrogens is 480 g/mol. The number of benzene rings is 3. The van der Waals surface area contributed by atoms with E-state index in [1.807, 2.05) is 24.3 Å². The molecule has 1 aliphatic rings. The first kappa shape index (κ1) is 24.3. The number of rotatable bonds is 6. The third-order valence-corrected chi connectivity index (χ3v) is 5.83. The van der Waals surface area contributed by atoms with Gasteiger partial charge in [0.15, 0.2) is 0 Å². The Kier molecular flexibility index (Phi) is 6.46. The van der Waals surface area contributed by atoms with Crippen LogP contribution in [0.5, 0.6) is 5.75 Å². The van der Waals surface area contributed by atoms with E-state index in [-0.39, 0.29) is 6.07 Å². The van der Waals surface area contributed by atoms with Crippen molar-refractivity contribution in [3.8, 4) is 5.75 Å². The smallest absolute Gasteiger partial charge is 0.416 e. The fourth-order valence-electron chi connectivity index (χ4n) is 3.86. The fraction of sp³-hybridized carbons (Fsp3) is 0.280. The molecule has 9 heteroatoms. The summed E-state index contributed by atoms with van der Waals surface area (Å²) in [6, 6.07) is 13.8. The van der Waals surface area contributed by atoms with Crippen LogP contribution in [0.25, 0.3) is 0 Å². The molecular formula is C25H20ClF6NO. The van der Waals surface area contributed by atoms with Gasteiger partial charge < -0.3 is 9.64 Å². The largest absolute Gasteiger partial charge is 0.466 e. The summed E-state index contributed by atoms with van der Waals surface area (Å²) >= 11 is 6.08. The molecule has 3 aromatic carbocycles. The number of hydrogen-bond acceptors (Lipinski definition) is 2. The molecule has 1 atom stereocenters. The predicted molar refractivity (Wildman–Crippen MR) is 118 cm³/mol. The van der Waals surface area contributed by atoms with Gasteiger partial charge >= 0.3 is 12.4 Å². The molecule has 0 saturated heterocycles. The van der Waals surface area contributed by atoms with Crippen molar-refractivity contribution in [1.82, 2.24) is 0 Å². The molecule has 34 heavy (non-hydrogen) atoms. The molecule has 0 aliphatic carbocycles. The highest BCUT2D eigenvalue weighted by molar-refractivity contribution is 6.30. The average molecular weight is 500 g/mol. The summed E-state index contributed by atoms with van der Waals surface area (Å²) in [5, 5.41) is 0.377. The Morgan fingerprint density at radius 1 is 0.853 bits per heavy atom. The minimum absolute atomic E-state index is 0.0746. The average Bonchev–Trinajstić information content (AvgIpc) is 2.77. The van der Waals surface area contributed by atoms with Crippen LogP contribution in [0.4, 0.5) is 37.7 Å². The number of nitrogens with zero attached hydrogens (tertiary/aromatic N) is 1. The van der Waals surface area contributed by atoms with Crippen molar-refractivity contribution in [2.24, 2.45) is 0 Å². The second-order valence-corrected chi connectivity index (χ2v) is 8.49. The maximum atomic E-state index is 13.3. The van der Waals surface area contributed by atoms with Gasteiger partial charge in [-0.15, -0.1) is 0 Å². The molecule has 1 heterocycles. The van der Waals surface area contributed by atoms with Gasteiger partial charge in [-0.3, -0.25) is 0 Å². The first-order valence-electron chi connectivity index (χ1n) is 10.6. The molecule has 0 aromatic heterocycles. The van der Waals surface area contributed by atoms with Crippen LogP contribution in [0, 0.1) is 0 Å². The fourth-order valence-corrected chi connectivity index (χ4v) is 4.04. The number of hydrogen-bond donors (Lipinski definition) is 0. The normalized spacial score (nSPS) is 15.6. The van der Waals surface area contributed by atoms with Gasteiger partial charge in [-0.05, 0) is 66.9 Å². The minimum atomic E-state index is -4.96. The van der Waals surface area contributed by atoms with Crippen molar-refractivity contribution in [2.45, 2.75) is 44.8 Å². The molecule has 3 aromatic rings. The molecule has 0 bridgehead atoms. The van der Waals surface area contributed by atoms with E-state index in [1.54, 1.807) is 23.1 Å². The second-order valence-electron chi connectivity index (χ2n) is 8.05. The summed E-state index contributed by atoms with van der Waals surface area (Å²) < 4.78 is 85.4. The van der Waals surface area contributed by atoms with Crippen molar-refractivity contribution in [1.29, 1.82) is 0 Å². The van der Waals surface area contributed by atoms with Gasteiger partial charge in [0, 0.05) is 16.3 Å². The number of anilines is 2. The van der Waals surface area contributed by atoms with Crippen molar-refractivity contribution >= 4 is 23.0 Å². The maximum absolute atomic E-state index is 13.3. The highest BCUT2D eigenvalue weighted by Crippen LogP contribution is 2.50. The molecule has 0 fully saturated rings. The van der Waals surface area contributed by atoms with Crippen LogP contribution >= 0.6 is 11.6 Å². The SMILES string of the molecule is CCCCc1ccc(N2c3ccc(Cl)cc3C2Oc2cc(C(F)(F)F)cc(C(F)(F)F)c2)cc1. The van der Waals surface area contributed by atoms with Gasteiger partial charge in [-0.25, -0.2) is 0 Å². The molecule has 180 valence electrons. The number of fused-ring (bicyclic) bond motifs is 1. The Balaban J connectivity index is 1.71. The molecule has 0 saturated carbocycles. The van der Waals surface area contributed by atoms with E-state index in [0.29, 0.717) is 34.1 Å². The monoisotopic (exact) mass is 499 g/mol. The van der Waals surface area contributed by atoms with Crippen LogP contribution in [0.2, 0.25) is 5.02 Å². The van der Waals surface area contributed by atoms with Gasteiger partial charge in [-0.2, -0.15) is 26.3 Å². The summed E-state index contributed by atoms with van der Waals surface area (Å²) in [4.78, 5) is 1.71. The molecule has 1 aliphatic heterocycles. The Hall–Kier alpha value is -2.87. The molecule has 4 rings (SSSR count). The molecule has 0 N–H and O–H groups in total. The topological polar surface area (TPSA) is 12.5 Å². The van der Waals surface area contributed by atoms with Gasteiger partial charge in [0.1, 0.15) is 5.75 Å². The van der Waals surface area contributed by atoms with E-state index in [4.69, 9.17) is 16.3 Å². The lowest BCUT2D eigenvalue weighted by Crippen LogP contribution is -2.38. The van der Waals surface area contributed by atoms with E-state index in [0.717, 1.165) is 24.8 Å². The van der Waals surface area contributed by atoms with E-state index in [9.17, 15) is 26.3 Å². The van der Waals surface area contributed by atoms with Crippen molar-refractivity contribution < 1.29 is 31.1 Å². The Bertz CT molecular complexity index is 1140. The van der Waals surface area contributed by atoms with Gasteiger partial charge in [0.25, 0.3) is 0 Å². The Labute approximate surface area is 197 Å². The first-order valence-corrected chi connectivity index (χ1v) is 11.0. The third-order valence-electron chi connectivity index (χ3n) is 5.59. The van der Waals surface area contributed by atoms with E-state index < -0.39 is 35.5 Å². The quantitative estimate of drug-likeness (QED) is 0.314.